The molecule has 0 rings (SSSR count). The molecule has 0 amide bonds. The molecule has 2 unspecified atom stereocenters. The maximum absolute atomic E-state index is 12.7. The minimum atomic E-state index is -4.37. The van der Waals surface area contributed by atoms with Crippen molar-refractivity contribution in [1.82, 2.24) is 0 Å². The third-order valence-electron chi connectivity index (χ3n) is 10.3. The molecule has 0 saturated heterocycles. The van der Waals surface area contributed by atoms with E-state index in [-0.39, 0.29) is 40.1 Å². The molecule has 0 saturated carbocycles. The van der Waals surface area contributed by atoms with Gasteiger partial charge in [0.25, 0.3) is 0 Å². The molecule has 0 aromatic carbocycles. The number of phosphoric ester groups is 1. The fraction of sp³-hybridized carbons (Fsp3) is 0.894. The second-order valence-corrected chi connectivity index (χ2v) is 19.9. The molecule has 0 bridgehead atoms. The van der Waals surface area contributed by atoms with Crippen molar-refractivity contribution >= 4 is 27.7 Å². The van der Waals surface area contributed by atoms with E-state index >= 15 is 0 Å². The number of phosphoric acid groups is 1. The Morgan fingerprint density at radius 1 is 0.623 bits per heavy atom. The van der Waals surface area contributed by atoms with Crippen LogP contribution in [-0.2, 0) is 37.2 Å². The first-order valence-corrected chi connectivity index (χ1v) is 26.4. The van der Waals surface area contributed by atoms with E-state index < -0.39 is 26.5 Å². The van der Waals surface area contributed by atoms with Crippen molar-refractivity contribution in [2.24, 2.45) is 0 Å². The molecular formula is C47H94N2O10P2+2. The van der Waals surface area contributed by atoms with Crippen LogP contribution in [0.3, 0.4) is 0 Å². The van der Waals surface area contributed by atoms with E-state index in [0.717, 1.165) is 51.4 Å². The number of nitrogens with zero attached hydrogens (tertiary/aromatic N) is 2. The first kappa shape index (κ1) is 61.8. The summed E-state index contributed by atoms with van der Waals surface area (Å²) >= 11 is 0. The van der Waals surface area contributed by atoms with Crippen LogP contribution in [0, 0.1) is 5.75 Å². The van der Waals surface area contributed by atoms with Crippen LogP contribution in [0.2, 0.25) is 0 Å². The molecule has 12 nitrogen and oxygen atoms in total. The summed E-state index contributed by atoms with van der Waals surface area (Å²) in [6.45, 7) is 5.06. The van der Waals surface area contributed by atoms with Crippen molar-refractivity contribution in [2.45, 2.75) is 200 Å². The Hall–Kier alpha value is -1.32. The average molecular weight is 909 g/mol. The summed E-state index contributed by atoms with van der Waals surface area (Å²) in [4.78, 5) is 35.3. The number of ether oxygens (including phenoxy) is 2. The van der Waals surface area contributed by atoms with Gasteiger partial charge in [-0.2, -0.15) is 0 Å². The Kier molecular flexibility index (Phi) is 43.2. The van der Waals surface area contributed by atoms with Gasteiger partial charge in [0.15, 0.2) is 6.10 Å². The number of quaternary nitrogens is 2. The number of allylic oxidation sites excluding steroid dienone is 2. The first-order chi connectivity index (χ1) is 29.1. The molecule has 2 atom stereocenters. The van der Waals surface area contributed by atoms with Gasteiger partial charge in [-0.15, -0.1) is 0 Å². The van der Waals surface area contributed by atoms with Gasteiger partial charge in [-0.1, -0.05) is 154 Å². The number of rotatable bonds is 41. The fourth-order valence-corrected chi connectivity index (χ4v) is 7.36. The number of unbranched alkanes of at least 4 members (excludes halogenated alkanes) is 23. The standard InChI is InChI=1S/C42H82NO8P.C5H11NO2P/c1-6-8-10-12-14-16-18-20-21-23-25-27-29-31-33-35-42(45)51-40(39-50-52(46,47)49-37-36-43(3,4)5)38-48-41(44)34-32-30-28-26-24-22-19-17-15-13-11-9-7-2;1-6(2,3-4-7)5-9-8/h20-21,40H,6-19,22-39H2,1-5H3;7H,3-4H2,1-2H3/q;+1/p+1/b21-20-;. The molecule has 0 heterocycles. The van der Waals surface area contributed by atoms with Gasteiger partial charge in [0.05, 0.1) is 27.7 Å². The molecule has 0 aliphatic carbocycles. The predicted molar refractivity (Wildman–Crippen MR) is 251 cm³/mol. The predicted octanol–water partition coefficient (Wildman–Crippen LogP) is 12.1. The Labute approximate surface area is 375 Å². The number of hydrogen-bond donors (Lipinski definition) is 2. The molecule has 0 fully saturated rings. The summed E-state index contributed by atoms with van der Waals surface area (Å²) in [6, 6.07) is 0. The Balaban J connectivity index is 0. The average Bonchev–Trinajstić information content (AvgIpc) is 3.18. The Morgan fingerprint density at radius 2 is 1.05 bits per heavy atom. The number of aliphatic hydroxyl groups is 1. The summed E-state index contributed by atoms with van der Waals surface area (Å²) in [5.74, 6) is 1.82. The van der Waals surface area contributed by atoms with Gasteiger partial charge >= 0.3 is 74.8 Å². The molecule has 360 valence electrons. The monoisotopic (exact) mass is 909 g/mol. The van der Waals surface area contributed by atoms with Gasteiger partial charge in [-0.3, -0.25) is 18.6 Å². The molecule has 14 heteroatoms. The van der Waals surface area contributed by atoms with Crippen molar-refractivity contribution in [3.05, 3.63) is 12.2 Å². The van der Waals surface area contributed by atoms with Crippen LogP contribution in [0.15, 0.2) is 12.2 Å². The van der Waals surface area contributed by atoms with Crippen LogP contribution in [0.5, 0.6) is 0 Å². The van der Waals surface area contributed by atoms with Gasteiger partial charge in [0.1, 0.15) is 19.8 Å². The second kappa shape index (κ2) is 42.6. The van der Waals surface area contributed by atoms with E-state index in [2.05, 4.69) is 31.8 Å². The Bertz CT molecular complexity index is 1220. The number of aliphatic hydroxyl groups excluding tert-OH is 1. The van der Waals surface area contributed by atoms with Gasteiger partial charge in [-0.05, 0) is 38.5 Å². The van der Waals surface area contributed by atoms with Gasteiger partial charge in [0, 0.05) is 12.8 Å². The number of hydrogen-bond acceptors (Lipinski definition) is 9. The van der Waals surface area contributed by atoms with Crippen molar-refractivity contribution in [3.8, 4) is 5.75 Å². The van der Waals surface area contributed by atoms with Crippen molar-refractivity contribution in [3.63, 3.8) is 0 Å². The van der Waals surface area contributed by atoms with Gasteiger partial charge in [0.2, 0.25) is 0 Å². The van der Waals surface area contributed by atoms with Crippen LogP contribution in [0.4, 0.5) is 0 Å². The van der Waals surface area contributed by atoms with E-state index in [0.29, 0.717) is 34.9 Å². The van der Waals surface area contributed by atoms with Crippen LogP contribution in [0.1, 0.15) is 194 Å². The van der Waals surface area contributed by atoms with Crippen LogP contribution >= 0.6 is 15.7 Å². The molecule has 0 spiro atoms. The zero-order valence-corrected chi connectivity index (χ0v) is 42.0. The zero-order chi connectivity index (χ0) is 45.9. The molecule has 61 heavy (non-hydrogen) atoms. The van der Waals surface area contributed by atoms with E-state index in [9.17, 15) is 23.6 Å². The third-order valence-corrected chi connectivity index (χ3v) is 11.9. The minimum absolute atomic E-state index is 0.0331. The third kappa shape index (κ3) is 49.6. The van der Waals surface area contributed by atoms with Gasteiger partial charge in [-0.25, -0.2) is 4.57 Å². The molecule has 0 radical (unpaired) electrons. The summed E-state index contributed by atoms with van der Waals surface area (Å²) < 4.78 is 44.6. The van der Waals surface area contributed by atoms with Crippen molar-refractivity contribution in [1.29, 1.82) is 0 Å². The molecule has 2 N–H and O–H groups in total. The summed E-state index contributed by atoms with van der Waals surface area (Å²) in [6.07, 6.45) is 35.3. The van der Waals surface area contributed by atoms with E-state index in [1.807, 2.05) is 35.2 Å². The van der Waals surface area contributed by atoms with Crippen LogP contribution < -0.4 is 0 Å². The number of carbonyl (C=O) groups excluding carboxylic acids is 2. The summed E-state index contributed by atoms with van der Waals surface area (Å²) in [5.41, 5.74) is 0. The molecule has 0 aromatic rings. The SMILES string of the molecule is CCCCCCCC/C=C\CCCCCCCC(=O)OC(COC(=O)CCCCCCCCCCCCCCC)COP(=O)(O)OCC[N+](C)(C)C.C[N+](C)(C#P=O)CCO. The number of carbonyl (C=O) groups is 2. The Morgan fingerprint density at radius 3 is 1.48 bits per heavy atom. The molecule has 0 aromatic heterocycles. The first-order valence-electron chi connectivity index (χ1n) is 24.1. The van der Waals surface area contributed by atoms with E-state index in [1.54, 1.807) is 0 Å². The maximum atomic E-state index is 12.7. The quantitative estimate of drug-likeness (QED) is 0.0200. The number of likely N-dealkylation sites (N-methyl/N-ethyl adjacent to an activating group) is 2. The fourth-order valence-electron chi connectivity index (χ4n) is 6.30. The second-order valence-electron chi connectivity index (χ2n) is 18.1. The van der Waals surface area contributed by atoms with Crippen LogP contribution in [0.25, 0.3) is 0 Å². The normalized spacial score (nSPS) is 13.3. The topological polar surface area (TPSA) is 146 Å². The summed E-state index contributed by atoms with van der Waals surface area (Å²) in [7, 11) is 5.02. The molecule has 0 aliphatic rings. The van der Waals surface area contributed by atoms with E-state index in [1.165, 1.54) is 109 Å². The van der Waals surface area contributed by atoms with Gasteiger partial charge < -0.3 is 18.9 Å². The number of esters is 2. The van der Waals surface area contributed by atoms with Crippen molar-refractivity contribution < 1.29 is 56.2 Å². The van der Waals surface area contributed by atoms with Crippen LogP contribution in [-0.4, -0.2) is 112 Å². The summed E-state index contributed by atoms with van der Waals surface area (Å²) in [5, 5.41) is 8.47. The molecular weight excluding hydrogens is 814 g/mol. The zero-order valence-electron chi connectivity index (χ0n) is 40.2. The molecule has 0 aliphatic heterocycles. The van der Waals surface area contributed by atoms with Crippen molar-refractivity contribution in [2.75, 3.05) is 74.8 Å². The van der Waals surface area contributed by atoms with E-state index in [4.69, 9.17) is 23.6 Å².